The molecule has 0 amide bonds. The average molecular weight is 420 g/mol. The number of piperazine rings is 1. The molecule has 0 radical (unpaired) electrons. The number of benzene rings is 2. The number of hydrogen-bond acceptors (Lipinski definition) is 6. The normalized spacial score (nSPS) is 20.7. The Morgan fingerprint density at radius 2 is 2.00 bits per heavy atom. The van der Waals surface area contributed by atoms with Crippen LogP contribution in [-0.2, 0) is 12.9 Å². The second kappa shape index (κ2) is 9.90. The first-order valence-electron chi connectivity index (χ1n) is 11.7. The van der Waals surface area contributed by atoms with Crippen molar-refractivity contribution >= 4 is 5.95 Å². The molecule has 3 aromatic rings. The fourth-order valence-corrected chi connectivity index (χ4v) is 3.79. The Labute approximate surface area is 187 Å². The lowest BCUT2D eigenvalue weighted by molar-refractivity contribution is 0.139. The van der Waals surface area contributed by atoms with Crippen molar-refractivity contribution in [2.24, 2.45) is 0 Å². The molecule has 1 aliphatic rings. The third-order valence-corrected chi connectivity index (χ3v) is 5.56. The van der Waals surface area contributed by atoms with Crippen LogP contribution in [0.5, 0.6) is 5.75 Å². The Balaban J connectivity index is 1.45. The molecule has 0 saturated carbocycles. The Morgan fingerprint density at radius 1 is 1.16 bits per heavy atom. The largest absolute Gasteiger partial charge is 0.508 e. The van der Waals surface area contributed by atoms with Gasteiger partial charge in [-0.2, -0.15) is 0 Å². The van der Waals surface area contributed by atoms with Gasteiger partial charge in [0.15, 0.2) is 0 Å². The van der Waals surface area contributed by atoms with Gasteiger partial charge in [-0.3, -0.25) is 4.90 Å². The Bertz CT molecular complexity index is 1080. The van der Waals surface area contributed by atoms with Crippen LogP contribution in [0.15, 0.2) is 60.8 Å². The first kappa shape index (κ1) is 18.8. The standard InChI is InChI=1S/C25H31N5O/c1-18-16-30(19(2)15-28-18)17-21-4-3-5-22(14-21)24-11-13-27-25(29-24)26-12-10-20-6-8-23(31)9-7-20/h3-9,11,13-14,18-19,28,31H,10,12,15-17H2,1-2H3,(H,26,27,29)/t18-,19-/m0/s1/i10D2. The van der Waals surface area contributed by atoms with E-state index in [1.807, 2.05) is 12.1 Å². The first-order chi connectivity index (χ1) is 15.8. The highest BCUT2D eigenvalue weighted by molar-refractivity contribution is 5.61. The zero-order valence-electron chi connectivity index (χ0n) is 20.0. The summed E-state index contributed by atoms with van der Waals surface area (Å²) < 4.78 is 16.7. The molecule has 2 atom stereocenters. The highest BCUT2D eigenvalue weighted by Crippen LogP contribution is 2.21. The van der Waals surface area contributed by atoms with Crippen LogP contribution < -0.4 is 10.6 Å². The van der Waals surface area contributed by atoms with Crippen LogP contribution in [0.2, 0.25) is 0 Å². The van der Waals surface area contributed by atoms with E-state index in [0.29, 0.717) is 23.6 Å². The van der Waals surface area contributed by atoms with Gasteiger partial charge in [0.25, 0.3) is 0 Å². The summed E-state index contributed by atoms with van der Waals surface area (Å²) in [6.45, 7) is 7.40. The predicted molar refractivity (Wildman–Crippen MR) is 125 cm³/mol. The lowest BCUT2D eigenvalue weighted by Gasteiger charge is -2.37. The van der Waals surface area contributed by atoms with Crippen molar-refractivity contribution in [3.8, 4) is 17.0 Å². The third kappa shape index (κ3) is 5.81. The van der Waals surface area contributed by atoms with E-state index in [0.717, 1.165) is 30.9 Å². The number of anilines is 1. The molecule has 3 N–H and O–H groups in total. The van der Waals surface area contributed by atoms with Crippen LogP contribution in [0.4, 0.5) is 5.95 Å². The highest BCUT2D eigenvalue weighted by atomic mass is 16.3. The molecule has 1 fully saturated rings. The SMILES string of the molecule is [2H]C([2H])(CNc1nccc(-c2cccc(CN3C[C@H](C)NC[C@@H]3C)c2)n1)c1ccc(O)cc1. The van der Waals surface area contributed by atoms with E-state index in [1.165, 1.54) is 17.7 Å². The average Bonchev–Trinajstić information content (AvgIpc) is 2.81. The van der Waals surface area contributed by atoms with Crippen molar-refractivity contribution in [3.05, 3.63) is 71.9 Å². The van der Waals surface area contributed by atoms with Crippen molar-refractivity contribution < 1.29 is 7.85 Å². The van der Waals surface area contributed by atoms with Crippen molar-refractivity contribution in [2.75, 3.05) is 25.0 Å². The fourth-order valence-electron chi connectivity index (χ4n) is 3.79. The second-order valence-corrected chi connectivity index (χ2v) is 8.13. The van der Waals surface area contributed by atoms with Crippen molar-refractivity contribution in [1.82, 2.24) is 20.2 Å². The fraction of sp³-hybridized carbons (Fsp3) is 0.360. The van der Waals surface area contributed by atoms with E-state index < -0.39 is 6.37 Å². The molecule has 6 heteroatoms. The molecule has 1 aliphatic heterocycles. The van der Waals surface area contributed by atoms with Crippen LogP contribution in [0.3, 0.4) is 0 Å². The van der Waals surface area contributed by atoms with Gasteiger partial charge >= 0.3 is 0 Å². The van der Waals surface area contributed by atoms with Crippen LogP contribution in [0, 0.1) is 0 Å². The summed E-state index contributed by atoms with van der Waals surface area (Å²) in [6.07, 6.45) is 0.0532. The molecule has 2 heterocycles. The molecule has 6 nitrogen and oxygen atoms in total. The van der Waals surface area contributed by atoms with Gasteiger partial charge < -0.3 is 15.7 Å². The number of aromatic hydroxyl groups is 1. The Morgan fingerprint density at radius 3 is 2.84 bits per heavy atom. The van der Waals surface area contributed by atoms with Crippen LogP contribution in [-0.4, -0.2) is 51.7 Å². The van der Waals surface area contributed by atoms with Gasteiger partial charge in [-0.05, 0) is 55.6 Å². The predicted octanol–water partition coefficient (Wildman–Crippen LogP) is 3.69. The number of rotatable bonds is 7. The number of phenols is 1. The minimum atomic E-state index is -1.63. The molecule has 162 valence electrons. The molecule has 4 rings (SSSR count). The maximum absolute atomic E-state index is 9.44. The highest BCUT2D eigenvalue weighted by Gasteiger charge is 2.22. The van der Waals surface area contributed by atoms with E-state index in [1.54, 1.807) is 18.3 Å². The van der Waals surface area contributed by atoms with Gasteiger partial charge in [0.2, 0.25) is 5.95 Å². The van der Waals surface area contributed by atoms with Crippen molar-refractivity contribution in [3.63, 3.8) is 0 Å². The van der Waals surface area contributed by atoms with E-state index in [2.05, 4.69) is 57.5 Å². The maximum Gasteiger partial charge on any atom is 0.223 e. The Kier molecular flexibility index (Phi) is 6.00. The number of nitrogens with zero attached hydrogens (tertiary/aromatic N) is 3. The van der Waals surface area contributed by atoms with Crippen LogP contribution >= 0.6 is 0 Å². The van der Waals surface area contributed by atoms with Gasteiger partial charge in [-0.15, -0.1) is 0 Å². The summed E-state index contributed by atoms with van der Waals surface area (Å²) in [5.74, 6) is 0.492. The zero-order valence-corrected chi connectivity index (χ0v) is 18.0. The van der Waals surface area contributed by atoms with E-state index in [4.69, 9.17) is 2.74 Å². The summed E-state index contributed by atoms with van der Waals surface area (Å²) in [4.78, 5) is 11.4. The monoisotopic (exact) mass is 419 g/mol. The van der Waals surface area contributed by atoms with Gasteiger partial charge in [0, 0.05) is 52.8 Å². The molecule has 1 aromatic heterocycles. The zero-order chi connectivity index (χ0) is 23.4. The second-order valence-electron chi connectivity index (χ2n) is 8.13. The van der Waals surface area contributed by atoms with Gasteiger partial charge in [-0.1, -0.05) is 30.3 Å². The summed E-state index contributed by atoms with van der Waals surface area (Å²) in [5, 5.41) is 16.0. The molecule has 31 heavy (non-hydrogen) atoms. The summed E-state index contributed by atoms with van der Waals surface area (Å²) >= 11 is 0. The van der Waals surface area contributed by atoms with E-state index >= 15 is 0 Å². The molecular formula is C25H31N5O. The molecule has 0 bridgehead atoms. The molecule has 1 saturated heterocycles. The van der Waals surface area contributed by atoms with E-state index in [9.17, 15) is 5.11 Å². The van der Waals surface area contributed by atoms with Gasteiger partial charge in [0.1, 0.15) is 5.75 Å². The number of hydrogen-bond donors (Lipinski definition) is 3. The quantitative estimate of drug-likeness (QED) is 0.543. The topological polar surface area (TPSA) is 73.3 Å². The summed E-state index contributed by atoms with van der Waals surface area (Å²) in [6, 6.07) is 17.4. The number of phenolic OH excluding ortho intramolecular Hbond substituents is 1. The molecule has 0 spiro atoms. The van der Waals surface area contributed by atoms with Crippen LogP contribution in [0.1, 0.15) is 27.7 Å². The number of nitrogens with one attached hydrogen (secondary N) is 2. The Hall–Kier alpha value is -2.96. The summed E-state index contributed by atoms with van der Waals surface area (Å²) in [7, 11) is 0. The molecule has 2 aromatic carbocycles. The smallest absolute Gasteiger partial charge is 0.223 e. The van der Waals surface area contributed by atoms with Crippen LogP contribution in [0.25, 0.3) is 11.3 Å². The third-order valence-electron chi connectivity index (χ3n) is 5.56. The summed E-state index contributed by atoms with van der Waals surface area (Å²) in [5.41, 5.74) is 3.52. The lowest BCUT2D eigenvalue weighted by atomic mass is 10.1. The minimum absolute atomic E-state index is 0.0142. The van der Waals surface area contributed by atoms with Crippen molar-refractivity contribution in [2.45, 2.75) is 38.8 Å². The van der Waals surface area contributed by atoms with Gasteiger partial charge in [0.05, 0.1) is 5.69 Å². The molecule has 0 aliphatic carbocycles. The van der Waals surface area contributed by atoms with E-state index in [-0.39, 0.29) is 12.3 Å². The van der Waals surface area contributed by atoms with Crippen molar-refractivity contribution in [1.29, 1.82) is 0 Å². The number of aromatic nitrogens is 2. The lowest BCUT2D eigenvalue weighted by Crippen LogP contribution is -2.53. The molecular weight excluding hydrogens is 386 g/mol. The maximum atomic E-state index is 9.44. The first-order valence-corrected chi connectivity index (χ1v) is 10.7. The van der Waals surface area contributed by atoms with Gasteiger partial charge in [-0.25, -0.2) is 9.97 Å². The minimum Gasteiger partial charge on any atom is -0.508 e. The molecule has 0 unspecified atom stereocenters.